The van der Waals surface area contributed by atoms with Gasteiger partial charge in [0.2, 0.25) is 0 Å². The van der Waals surface area contributed by atoms with Gasteiger partial charge >= 0.3 is 0 Å². The van der Waals surface area contributed by atoms with E-state index in [-0.39, 0.29) is 14.9 Å². The minimum absolute atomic E-state index is 0.0800. The van der Waals surface area contributed by atoms with Crippen molar-refractivity contribution >= 4 is 31.6 Å². The summed E-state index contributed by atoms with van der Waals surface area (Å²) in [6.07, 6.45) is 0. The molecule has 0 bridgehead atoms. The molecule has 0 atom stereocenters. The first-order valence-corrected chi connectivity index (χ1v) is 7.79. The van der Waals surface area contributed by atoms with Gasteiger partial charge in [-0.2, -0.15) is 5.26 Å². The Labute approximate surface area is 128 Å². The molecule has 8 heteroatoms. The van der Waals surface area contributed by atoms with Gasteiger partial charge in [-0.25, -0.2) is 17.2 Å². The molecule has 0 aliphatic carbocycles. The van der Waals surface area contributed by atoms with E-state index in [0.717, 1.165) is 6.07 Å². The summed E-state index contributed by atoms with van der Waals surface area (Å²) in [5, 5.41) is 8.92. The Morgan fingerprint density at radius 2 is 1.86 bits per heavy atom. The maximum Gasteiger partial charge on any atom is 0.263 e. The van der Waals surface area contributed by atoms with Crippen LogP contribution in [0.15, 0.2) is 45.8 Å². The quantitative estimate of drug-likeness (QED) is 0.897. The second-order valence-corrected chi connectivity index (χ2v) is 6.46. The predicted molar refractivity (Wildman–Crippen MR) is 76.0 cm³/mol. The van der Waals surface area contributed by atoms with Crippen LogP contribution in [0, 0.1) is 23.0 Å². The number of sulfonamides is 1. The van der Waals surface area contributed by atoms with Crippen LogP contribution in [0.1, 0.15) is 5.56 Å². The van der Waals surface area contributed by atoms with E-state index >= 15 is 0 Å². The van der Waals surface area contributed by atoms with Gasteiger partial charge in [0.15, 0.2) is 5.82 Å². The Balaban J connectivity index is 2.51. The van der Waals surface area contributed by atoms with E-state index in [0.29, 0.717) is 6.07 Å². The van der Waals surface area contributed by atoms with E-state index in [1.165, 1.54) is 24.3 Å². The van der Waals surface area contributed by atoms with Gasteiger partial charge in [-0.3, -0.25) is 4.72 Å². The lowest BCUT2D eigenvalue weighted by atomic mass is 10.2. The molecule has 2 aromatic carbocycles. The van der Waals surface area contributed by atoms with E-state index in [9.17, 15) is 17.2 Å². The van der Waals surface area contributed by atoms with Crippen LogP contribution in [-0.4, -0.2) is 8.42 Å². The zero-order valence-electron chi connectivity index (χ0n) is 10.3. The lowest BCUT2D eigenvalue weighted by Gasteiger charge is -2.11. The van der Waals surface area contributed by atoms with Crippen molar-refractivity contribution in [2.75, 3.05) is 4.72 Å². The molecule has 0 saturated carbocycles. The summed E-state index contributed by atoms with van der Waals surface area (Å²) in [6.45, 7) is 0. The maximum absolute atomic E-state index is 13.7. The second kappa shape index (κ2) is 5.79. The van der Waals surface area contributed by atoms with Gasteiger partial charge in [0.05, 0.1) is 11.3 Å². The summed E-state index contributed by atoms with van der Waals surface area (Å²) in [6, 6.07) is 8.71. The van der Waals surface area contributed by atoms with Gasteiger partial charge in [0.25, 0.3) is 10.0 Å². The minimum Gasteiger partial charge on any atom is -0.275 e. The normalized spacial score (nSPS) is 11.0. The summed E-state index contributed by atoms with van der Waals surface area (Å²) in [5.41, 5.74) is -0.507. The van der Waals surface area contributed by atoms with Crippen LogP contribution >= 0.6 is 15.9 Å². The van der Waals surface area contributed by atoms with E-state index in [2.05, 4.69) is 15.9 Å². The first-order valence-electron chi connectivity index (χ1n) is 5.51. The maximum atomic E-state index is 13.7. The number of nitrogens with one attached hydrogen (secondary N) is 1. The first kappa shape index (κ1) is 15.4. The highest BCUT2D eigenvalue weighted by atomic mass is 79.9. The third-order valence-corrected chi connectivity index (χ3v) is 4.57. The van der Waals surface area contributed by atoms with Crippen molar-refractivity contribution in [3.8, 4) is 6.07 Å². The van der Waals surface area contributed by atoms with Crippen LogP contribution in [0.3, 0.4) is 0 Å². The molecule has 0 amide bonds. The van der Waals surface area contributed by atoms with Crippen molar-refractivity contribution in [2.45, 2.75) is 4.90 Å². The van der Waals surface area contributed by atoms with Crippen molar-refractivity contribution in [3.05, 3.63) is 58.1 Å². The molecule has 21 heavy (non-hydrogen) atoms. The molecule has 0 fully saturated rings. The van der Waals surface area contributed by atoms with Crippen LogP contribution in [0.5, 0.6) is 0 Å². The summed E-state index contributed by atoms with van der Waals surface area (Å²) >= 11 is 2.89. The largest absolute Gasteiger partial charge is 0.275 e. The van der Waals surface area contributed by atoms with E-state index < -0.39 is 27.3 Å². The Kier molecular flexibility index (Phi) is 4.25. The number of hydrogen-bond acceptors (Lipinski definition) is 3. The van der Waals surface area contributed by atoms with Crippen LogP contribution in [0.2, 0.25) is 0 Å². The molecule has 1 N–H and O–H groups in total. The lowest BCUT2D eigenvalue weighted by molar-refractivity contribution is 0.581. The van der Waals surface area contributed by atoms with Crippen LogP contribution < -0.4 is 4.72 Å². The molecule has 0 radical (unpaired) electrons. The molecule has 0 unspecified atom stereocenters. The third kappa shape index (κ3) is 3.20. The predicted octanol–water partition coefficient (Wildman–Crippen LogP) is 3.40. The van der Waals surface area contributed by atoms with Crippen molar-refractivity contribution < 1.29 is 17.2 Å². The third-order valence-electron chi connectivity index (χ3n) is 2.54. The Hall–Kier alpha value is -1.98. The number of nitrogens with zero attached hydrogens (tertiary/aromatic N) is 1. The molecular formula is C13H7BrF2N2O2S. The second-order valence-electron chi connectivity index (χ2n) is 3.96. The minimum atomic E-state index is -4.18. The molecule has 0 aliphatic heterocycles. The Bertz CT molecular complexity index is 824. The fourth-order valence-electron chi connectivity index (χ4n) is 1.62. The fraction of sp³-hybridized carbons (Fsp3) is 0. The monoisotopic (exact) mass is 372 g/mol. The molecule has 4 nitrogen and oxygen atoms in total. The first-order chi connectivity index (χ1) is 9.85. The fourth-order valence-corrected chi connectivity index (χ4v) is 3.51. The number of halogens is 3. The van der Waals surface area contributed by atoms with Crippen LogP contribution in [0.25, 0.3) is 0 Å². The van der Waals surface area contributed by atoms with Crippen molar-refractivity contribution in [1.82, 2.24) is 0 Å². The molecule has 2 rings (SSSR count). The Morgan fingerprint density at radius 3 is 2.48 bits per heavy atom. The molecule has 108 valence electrons. The topological polar surface area (TPSA) is 70.0 Å². The van der Waals surface area contributed by atoms with Crippen LogP contribution in [-0.2, 0) is 10.0 Å². The van der Waals surface area contributed by atoms with E-state index in [4.69, 9.17) is 5.26 Å². The van der Waals surface area contributed by atoms with Crippen molar-refractivity contribution in [3.63, 3.8) is 0 Å². The van der Waals surface area contributed by atoms with E-state index in [1.54, 1.807) is 6.07 Å². The van der Waals surface area contributed by atoms with Gasteiger partial charge in [0.1, 0.15) is 16.8 Å². The average molecular weight is 373 g/mol. The Morgan fingerprint density at radius 1 is 1.19 bits per heavy atom. The van der Waals surface area contributed by atoms with Gasteiger partial charge in [0, 0.05) is 10.5 Å². The molecule has 0 aromatic heterocycles. The summed E-state index contributed by atoms with van der Waals surface area (Å²) in [5.74, 6) is -1.92. The SMILES string of the molecule is N#Cc1ccccc1S(=O)(=O)Nc1c(F)cc(F)cc1Br. The summed E-state index contributed by atoms with van der Waals surface area (Å²) < 4.78 is 53.0. The lowest BCUT2D eigenvalue weighted by Crippen LogP contribution is -2.16. The van der Waals surface area contributed by atoms with Crippen molar-refractivity contribution in [1.29, 1.82) is 5.26 Å². The zero-order chi connectivity index (χ0) is 15.6. The average Bonchev–Trinajstić information content (AvgIpc) is 2.43. The summed E-state index contributed by atoms with van der Waals surface area (Å²) in [7, 11) is -4.18. The molecule has 0 saturated heterocycles. The smallest absolute Gasteiger partial charge is 0.263 e. The highest BCUT2D eigenvalue weighted by Gasteiger charge is 2.21. The molecule has 2 aromatic rings. The number of rotatable bonds is 3. The van der Waals surface area contributed by atoms with Gasteiger partial charge < -0.3 is 0 Å². The summed E-state index contributed by atoms with van der Waals surface area (Å²) in [4.78, 5) is -0.289. The van der Waals surface area contributed by atoms with E-state index in [1.807, 2.05) is 4.72 Å². The van der Waals surface area contributed by atoms with Gasteiger partial charge in [-0.15, -0.1) is 0 Å². The standard InChI is InChI=1S/C13H7BrF2N2O2S/c14-10-5-9(15)6-11(16)13(10)18-21(19,20)12-4-2-1-3-8(12)7-17/h1-6,18H. The number of nitriles is 1. The molecular weight excluding hydrogens is 366 g/mol. The van der Waals surface area contributed by atoms with Crippen LogP contribution in [0.4, 0.5) is 14.5 Å². The molecule has 0 heterocycles. The highest BCUT2D eigenvalue weighted by Crippen LogP contribution is 2.29. The highest BCUT2D eigenvalue weighted by molar-refractivity contribution is 9.10. The number of anilines is 1. The van der Waals surface area contributed by atoms with Gasteiger partial charge in [-0.1, -0.05) is 12.1 Å². The molecule has 0 aliphatic rings. The zero-order valence-corrected chi connectivity index (χ0v) is 12.7. The van der Waals surface area contributed by atoms with Crippen molar-refractivity contribution in [2.24, 2.45) is 0 Å². The molecule has 0 spiro atoms. The number of hydrogen-bond donors (Lipinski definition) is 1. The van der Waals surface area contributed by atoms with Gasteiger partial charge in [-0.05, 0) is 34.1 Å². The number of benzene rings is 2.